The number of amides is 2. The Balaban J connectivity index is 1.79. The molecule has 0 saturated heterocycles. The van der Waals surface area contributed by atoms with Gasteiger partial charge >= 0.3 is 0 Å². The molecule has 0 aliphatic heterocycles. The van der Waals surface area contributed by atoms with Gasteiger partial charge in [-0.3, -0.25) is 9.59 Å². The molecule has 9 nitrogen and oxygen atoms in total. The van der Waals surface area contributed by atoms with Gasteiger partial charge in [0.2, 0.25) is 5.91 Å². The van der Waals surface area contributed by atoms with E-state index in [0.717, 1.165) is 5.69 Å². The molecule has 3 rings (SSSR count). The molecule has 2 aromatic carbocycles. The lowest BCUT2D eigenvalue weighted by Gasteiger charge is -2.11. The van der Waals surface area contributed by atoms with Gasteiger partial charge in [-0.2, -0.15) is 0 Å². The van der Waals surface area contributed by atoms with Crippen LogP contribution in [0.5, 0.6) is 11.5 Å². The Morgan fingerprint density at radius 1 is 1.17 bits per heavy atom. The van der Waals surface area contributed by atoms with Crippen molar-refractivity contribution in [3.05, 3.63) is 59.9 Å². The average molecular weight is 395 g/mol. The number of benzene rings is 2. The normalized spacial score (nSPS) is 10.4. The van der Waals surface area contributed by atoms with Gasteiger partial charge in [-0.1, -0.05) is 23.4 Å². The van der Waals surface area contributed by atoms with E-state index in [2.05, 4.69) is 15.6 Å². The van der Waals surface area contributed by atoms with E-state index in [1.54, 1.807) is 49.0 Å². The van der Waals surface area contributed by atoms with Crippen LogP contribution in [0.25, 0.3) is 5.69 Å². The van der Waals surface area contributed by atoms with Gasteiger partial charge in [0.15, 0.2) is 5.69 Å². The molecule has 0 fully saturated rings. The summed E-state index contributed by atoms with van der Waals surface area (Å²) >= 11 is 0. The van der Waals surface area contributed by atoms with Gasteiger partial charge in [0, 0.05) is 6.07 Å². The molecule has 0 saturated carbocycles. The Morgan fingerprint density at radius 2 is 1.97 bits per heavy atom. The maximum atomic E-state index is 12.8. The van der Waals surface area contributed by atoms with E-state index in [0.29, 0.717) is 22.9 Å². The van der Waals surface area contributed by atoms with Crippen LogP contribution in [0.3, 0.4) is 0 Å². The third kappa shape index (κ3) is 4.70. The highest BCUT2D eigenvalue weighted by Crippen LogP contribution is 2.25. The van der Waals surface area contributed by atoms with Gasteiger partial charge in [-0.15, -0.1) is 5.10 Å². The van der Waals surface area contributed by atoms with Crippen LogP contribution in [-0.4, -0.2) is 40.5 Å². The van der Waals surface area contributed by atoms with E-state index in [1.807, 2.05) is 18.2 Å². The minimum absolute atomic E-state index is 0.0796. The monoisotopic (exact) mass is 395 g/mol. The highest BCUT2D eigenvalue weighted by atomic mass is 16.5. The van der Waals surface area contributed by atoms with Crippen LogP contribution in [0.15, 0.2) is 48.5 Å². The molecule has 150 valence electrons. The van der Waals surface area contributed by atoms with Crippen molar-refractivity contribution in [3.63, 3.8) is 0 Å². The van der Waals surface area contributed by atoms with Crippen molar-refractivity contribution < 1.29 is 19.1 Å². The number of para-hydroxylation sites is 2. The van der Waals surface area contributed by atoms with E-state index in [4.69, 9.17) is 15.2 Å². The van der Waals surface area contributed by atoms with Crippen molar-refractivity contribution in [1.29, 1.82) is 0 Å². The lowest BCUT2D eigenvalue weighted by molar-refractivity contribution is -0.118. The van der Waals surface area contributed by atoms with Gasteiger partial charge in [0.1, 0.15) is 11.5 Å². The Bertz CT molecular complexity index is 1030. The zero-order valence-electron chi connectivity index (χ0n) is 16.1. The first-order valence-corrected chi connectivity index (χ1v) is 8.88. The van der Waals surface area contributed by atoms with Crippen LogP contribution >= 0.6 is 0 Å². The Morgan fingerprint density at radius 3 is 2.72 bits per heavy atom. The molecule has 0 aliphatic rings. The molecule has 3 aromatic rings. The molecule has 0 atom stereocenters. The maximum Gasteiger partial charge on any atom is 0.278 e. The molecule has 1 heterocycles. The summed E-state index contributed by atoms with van der Waals surface area (Å²) in [5.74, 6) is 0.212. The van der Waals surface area contributed by atoms with Crippen LogP contribution in [0.1, 0.15) is 22.6 Å². The Kier molecular flexibility index (Phi) is 6.08. The molecule has 0 unspecified atom stereocenters. The predicted octanol–water partition coefficient (Wildman–Crippen LogP) is 2.09. The minimum atomic E-state index is -0.462. The molecule has 0 bridgehead atoms. The fourth-order valence-electron chi connectivity index (χ4n) is 2.67. The number of rotatable bonds is 8. The summed E-state index contributed by atoms with van der Waals surface area (Å²) in [7, 11) is 1.58. The number of ether oxygens (including phenoxy) is 2. The van der Waals surface area contributed by atoms with E-state index in [1.165, 1.54) is 0 Å². The smallest absolute Gasteiger partial charge is 0.278 e. The van der Waals surface area contributed by atoms with Crippen LogP contribution in [0.4, 0.5) is 5.69 Å². The zero-order chi connectivity index (χ0) is 20.8. The molecular formula is C20H21N5O4. The summed E-state index contributed by atoms with van der Waals surface area (Å²) in [6, 6.07) is 14.2. The highest BCUT2D eigenvalue weighted by Gasteiger charge is 2.19. The van der Waals surface area contributed by atoms with E-state index in [9.17, 15) is 9.59 Å². The fraction of sp³-hybridized carbons (Fsp3) is 0.200. The maximum absolute atomic E-state index is 12.8. The largest absolute Gasteiger partial charge is 0.497 e. The molecule has 1 aromatic heterocycles. The molecule has 0 radical (unpaired) electrons. The molecule has 0 spiro atoms. The second-order valence-electron chi connectivity index (χ2n) is 6.15. The number of carbonyl (C=O) groups excluding carboxylic acids is 2. The standard InChI is InChI=1S/C20H21N5O4/c1-13-19(23-24-25(13)14-6-5-7-15(12-14)28-2)20(27)22-16-8-3-4-9-17(16)29-11-10-18(21)26/h3-9,12H,10-11H2,1-2H3,(H2,21,26)(H,22,27). The molecule has 3 N–H and O–H groups in total. The first-order chi connectivity index (χ1) is 14.0. The Labute approximate surface area is 167 Å². The molecule has 2 amide bonds. The van der Waals surface area contributed by atoms with Crippen molar-refractivity contribution in [3.8, 4) is 17.2 Å². The van der Waals surface area contributed by atoms with Gasteiger partial charge in [-0.05, 0) is 31.2 Å². The van der Waals surface area contributed by atoms with Crippen molar-refractivity contribution in [2.24, 2.45) is 5.73 Å². The summed E-state index contributed by atoms with van der Waals surface area (Å²) in [4.78, 5) is 23.6. The molecule has 0 aliphatic carbocycles. The van der Waals surface area contributed by atoms with Crippen LogP contribution in [0, 0.1) is 6.92 Å². The lowest BCUT2D eigenvalue weighted by atomic mass is 10.2. The van der Waals surface area contributed by atoms with Gasteiger partial charge in [0.25, 0.3) is 5.91 Å². The average Bonchev–Trinajstić information content (AvgIpc) is 3.10. The van der Waals surface area contributed by atoms with E-state index < -0.39 is 11.8 Å². The van der Waals surface area contributed by atoms with E-state index in [-0.39, 0.29) is 18.7 Å². The minimum Gasteiger partial charge on any atom is -0.497 e. The lowest BCUT2D eigenvalue weighted by Crippen LogP contribution is -2.17. The van der Waals surface area contributed by atoms with Crippen LogP contribution < -0.4 is 20.5 Å². The number of methoxy groups -OCH3 is 1. The van der Waals surface area contributed by atoms with Gasteiger partial charge in [0.05, 0.1) is 37.2 Å². The van der Waals surface area contributed by atoms with Crippen molar-refractivity contribution >= 4 is 17.5 Å². The third-order valence-electron chi connectivity index (χ3n) is 4.15. The predicted molar refractivity (Wildman–Crippen MR) is 106 cm³/mol. The quantitative estimate of drug-likeness (QED) is 0.602. The second-order valence-corrected chi connectivity index (χ2v) is 6.15. The molecular weight excluding hydrogens is 374 g/mol. The van der Waals surface area contributed by atoms with Crippen LogP contribution in [0.2, 0.25) is 0 Å². The number of anilines is 1. The number of carbonyl (C=O) groups is 2. The summed E-state index contributed by atoms with van der Waals surface area (Å²) in [6.07, 6.45) is 0.0796. The first kappa shape index (κ1) is 19.9. The second kappa shape index (κ2) is 8.87. The van der Waals surface area contributed by atoms with Crippen molar-refractivity contribution in [2.45, 2.75) is 13.3 Å². The number of nitrogens with two attached hydrogens (primary N) is 1. The number of aromatic nitrogens is 3. The number of primary amides is 1. The third-order valence-corrected chi connectivity index (χ3v) is 4.15. The fourth-order valence-corrected chi connectivity index (χ4v) is 2.67. The van der Waals surface area contributed by atoms with Crippen molar-refractivity contribution in [1.82, 2.24) is 15.0 Å². The highest BCUT2D eigenvalue weighted by molar-refractivity contribution is 6.04. The topological polar surface area (TPSA) is 121 Å². The zero-order valence-corrected chi connectivity index (χ0v) is 16.1. The summed E-state index contributed by atoms with van der Waals surface area (Å²) in [6.45, 7) is 1.87. The van der Waals surface area contributed by atoms with Crippen LogP contribution in [-0.2, 0) is 4.79 Å². The number of hydrogen-bond acceptors (Lipinski definition) is 6. The summed E-state index contributed by atoms with van der Waals surface area (Å²) in [5, 5.41) is 10.9. The molecule has 29 heavy (non-hydrogen) atoms. The van der Waals surface area contributed by atoms with Crippen molar-refractivity contribution in [2.75, 3.05) is 19.0 Å². The first-order valence-electron chi connectivity index (χ1n) is 8.88. The SMILES string of the molecule is COc1cccc(-n2nnc(C(=O)Nc3ccccc3OCCC(N)=O)c2C)c1. The number of nitrogens with one attached hydrogen (secondary N) is 1. The Hall–Kier alpha value is -3.88. The van der Waals surface area contributed by atoms with E-state index >= 15 is 0 Å². The molecule has 9 heteroatoms. The summed E-state index contributed by atoms with van der Waals surface area (Å²) < 4.78 is 12.3. The number of hydrogen-bond donors (Lipinski definition) is 2. The summed E-state index contributed by atoms with van der Waals surface area (Å²) in [5.41, 5.74) is 7.06. The number of nitrogens with zero attached hydrogens (tertiary/aromatic N) is 3. The van der Waals surface area contributed by atoms with Gasteiger partial charge < -0.3 is 20.5 Å². The van der Waals surface area contributed by atoms with Gasteiger partial charge in [-0.25, -0.2) is 4.68 Å².